The van der Waals surface area contributed by atoms with E-state index < -0.39 is 0 Å². The summed E-state index contributed by atoms with van der Waals surface area (Å²) in [6, 6.07) is 10.6. The zero-order chi connectivity index (χ0) is 18.2. The molecule has 3 aromatic rings. The summed E-state index contributed by atoms with van der Waals surface area (Å²) >= 11 is 0. The van der Waals surface area contributed by atoms with Gasteiger partial charge in [-0.1, -0.05) is 0 Å². The van der Waals surface area contributed by atoms with Gasteiger partial charge in [0.1, 0.15) is 17.6 Å². The molecule has 1 aliphatic carbocycles. The van der Waals surface area contributed by atoms with Crippen molar-refractivity contribution in [2.45, 2.75) is 25.3 Å². The summed E-state index contributed by atoms with van der Waals surface area (Å²) in [4.78, 5) is 13.0. The Morgan fingerprint density at radius 2 is 1.85 bits per heavy atom. The van der Waals surface area contributed by atoms with Crippen LogP contribution in [0.3, 0.4) is 0 Å². The lowest BCUT2D eigenvalue weighted by Crippen LogP contribution is -2.39. The molecule has 0 spiro atoms. The highest BCUT2D eigenvalue weighted by atomic mass is 16.3. The predicted octanol–water partition coefficient (Wildman–Crippen LogP) is 4.69. The number of rotatable bonds is 3. The Morgan fingerprint density at radius 1 is 1.04 bits per heavy atom. The van der Waals surface area contributed by atoms with E-state index in [0.29, 0.717) is 0 Å². The van der Waals surface area contributed by atoms with E-state index in [4.69, 9.17) is 13.3 Å². The average Bonchev–Trinajstić information content (AvgIpc) is 3.48. The van der Waals surface area contributed by atoms with Crippen molar-refractivity contribution in [3.8, 4) is 0 Å². The minimum absolute atomic E-state index is 0.229. The second-order valence-corrected chi connectivity index (χ2v) is 6.62. The SMILES string of the molecule is O=C(c1ccco1)N1NC2=C(CCC/C2=C\c2ccco2)[C@@H]1c1ccco1. The molecule has 1 N–H and O–H groups in total. The third-order valence-corrected chi connectivity index (χ3v) is 4.98. The number of carbonyl (C=O) groups excluding carboxylic acids is 1. The second-order valence-electron chi connectivity index (χ2n) is 6.62. The molecule has 0 bridgehead atoms. The zero-order valence-electron chi connectivity index (χ0n) is 14.6. The summed E-state index contributed by atoms with van der Waals surface area (Å²) in [6.45, 7) is 0. The van der Waals surface area contributed by atoms with Crippen molar-refractivity contribution in [2.75, 3.05) is 0 Å². The van der Waals surface area contributed by atoms with Crippen molar-refractivity contribution >= 4 is 12.0 Å². The first kappa shape index (κ1) is 15.8. The molecule has 0 saturated heterocycles. The standard InChI is InChI=1S/C21H18N2O4/c24-21(18-9-4-12-27-18)23-20(17-8-3-11-26-17)16-7-1-5-14(19(16)22-23)13-15-6-2-10-25-15/h2-4,6,8-13,20,22H,1,5,7H2/b14-13+/t20-/m1/s1. The maximum absolute atomic E-state index is 13.0. The number of hydrazine groups is 1. The molecule has 136 valence electrons. The van der Waals surface area contributed by atoms with Gasteiger partial charge >= 0.3 is 5.91 Å². The molecule has 27 heavy (non-hydrogen) atoms. The van der Waals surface area contributed by atoms with Gasteiger partial charge < -0.3 is 13.3 Å². The van der Waals surface area contributed by atoms with Crippen LogP contribution in [0.4, 0.5) is 0 Å². The molecule has 6 heteroatoms. The highest BCUT2D eigenvalue weighted by molar-refractivity contribution is 5.92. The van der Waals surface area contributed by atoms with Gasteiger partial charge in [-0.25, -0.2) is 5.01 Å². The van der Waals surface area contributed by atoms with E-state index in [-0.39, 0.29) is 17.7 Å². The third-order valence-electron chi connectivity index (χ3n) is 4.98. The van der Waals surface area contributed by atoms with Crippen LogP contribution in [0, 0.1) is 0 Å². The molecule has 3 aromatic heterocycles. The number of hydrogen-bond acceptors (Lipinski definition) is 5. The van der Waals surface area contributed by atoms with Crippen molar-refractivity contribution in [1.29, 1.82) is 0 Å². The minimum atomic E-state index is -0.298. The fraction of sp³-hybridized carbons (Fsp3) is 0.190. The summed E-state index contributed by atoms with van der Waals surface area (Å²) in [5.74, 6) is 1.58. The van der Waals surface area contributed by atoms with Crippen molar-refractivity contribution < 1.29 is 18.0 Å². The molecule has 1 aliphatic heterocycles. The zero-order valence-corrected chi connectivity index (χ0v) is 14.6. The summed E-state index contributed by atoms with van der Waals surface area (Å²) in [5.41, 5.74) is 6.56. The Hall–Kier alpha value is -3.41. The van der Waals surface area contributed by atoms with E-state index in [0.717, 1.165) is 47.6 Å². The van der Waals surface area contributed by atoms with Crippen LogP contribution >= 0.6 is 0 Å². The largest absolute Gasteiger partial charge is 0.467 e. The summed E-state index contributed by atoms with van der Waals surface area (Å²) in [6.07, 6.45) is 9.64. The lowest BCUT2D eigenvalue weighted by molar-refractivity contribution is 0.0604. The molecule has 5 rings (SSSR count). The van der Waals surface area contributed by atoms with Gasteiger partial charge in [0.2, 0.25) is 0 Å². The van der Waals surface area contributed by atoms with E-state index in [9.17, 15) is 4.79 Å². The van der Waals surface area contributed by atoms with Crippen LogP contribution in [-0.4, -0.2) is 10.9 Å². The molecule has 0 radical (unpaired) electrons. The monoisotopic (exact) mass is 362 g/mol. The van der Waals surface area contributed by atoms with Crippen LogP contribution < -0.4 is 5.43 Å². The third kappa shape index (κ3) is 2.70. The van der Waals surface area contributed by atoms with E-state index in [1.165, 1.54) is 6.26 Å². The van der Waals surface area contributed by atoms with Crippen LogP contribution in [0.25, 0.3) is 6.08 Å². The molecule has 0 saturated carbocycles. The Morgan fingerprint density at radius 3 is 2.59 bits per heavy atom. The normalized spacial score (nSPS) is 20.8. The summed E-state index contributed by atoms with van der Waals surface area (Å²) in [7, 11) is 0. The van der Waals surface area contributed by atoms with Crippen molar-refractivity contribution in [1.82, 2.24) is 10.4 Å². The van der Waals surface area contributed by atoms with E-state index >= 15 is 0 Å². The molecule has 6 nitrogen and oxygen atoms in total. The molecule has 0 aromatic carbocycles. The van der Waals surface area contributed by atoms with Gasteiger partial charge in [0.05, 0.1) is 24.5 Å². The number of furan rings is 3. The van der Waals surface area contributed by atoms with Crippen LogP contribution in [-0.2, 0) is 0 Å². The van der Waals surface area contributed by atoms with E-state index in [2.05, 4.69) is 5.43 Å². The summed E-state index contributed by atoms with van der Waals surface area (Å²) < 4.78 is 16.5. The van der Waals surface area contributed by atoms with E-state index in [1.807, 2.05) is 30.3 Å². The number of nitrogens with one attached hydrogen (secondary N) is 1. The molecule has 2 aliphatic rings. The lowest BCUT2D eigenvalue weighted by atomic mass is 9.88. The highest BCUT2D eigenvalue weighted by Gasteiger charge is 2.41. The first-order chi connectivity index (χ1) is 13.3. The van der Waals surface area contributed by atoms with Crippen LogP contribution in [0.5, 0.6) is 0 Å². The minimum Gasteiger partial charge on any atom is -0.467 e. The molecule has 1 atom stereocenters. The molecule has 0 unspecified atom stereocenters. The van der Waals surface area contributed by atoms with Crippen molar-refractivity contribution in [3.63, 3.8) is 0 Å². The Balaban J connectivity index is 1.57. The maximum Gasteiger partial charge on any atom is 0.308 e. The van der Waals surface area contributed by atoms with Crippen molar-refractivity contribution in [3.05, 3.63) is 89.3 Å². The number of allylic oxidation sites excluding steroid dienone is 1. The summed E-state index contributed by atoms with van der Waals surface area (Å²) in [5, 5.41) is 1.60. The highest BCUT2D eigenvalue weighted by Crippen LogP contribution is 2.44. The second kappa shape index (κ2) is 6.39. The van der Waals surface area contributed by atoms with Crippen LogP contribution in [0.1, 0.15) is 47.4 Å². The van der Waals surface area contributed by atoms with Gasteiger partial charge in [-0.2, -0.15) is 0 Å². The van der Waals surface area contributed by atoms with Crippen LogP contribution in [0.2, 0.25) is 0 Å². The predicted molar refractivity (Wildman–Crippen MR) is 97.0 cm³/mol. The smallest absolute Gasteiger partial charge is 0.308 e. The first-order valence-corrected chi connectivity index (χ1v) is 8.96. The average molecular weight is 362 g/mol. The molecule has 4 heterocycles. The molecular formula is C21H18N2O4. The fourth-order valence-corrected chi connectivity index (χ4v) is 3.81. The van der Waals surface area contributed by atoms with Gasteiger partial charge in [-0.15, -0.1) is 0 Å². The Bertz CT molecular complexity index is 995. The first-order valence-electron chi connectivity index (χ1n) is 8.96. The van der Waals surface area contributed by atoms with Crippen LogP contribution in [0.15, 0.2) is 85.3 Å². The van der Waals surface area contributed by atoms with Gasteiger partial charge in [0.15, 0.2) is 5.76 Å². The molecule has 0 fully saturated rings. The van der Waals surface area contributed by atoms with Gasteiger partial charge in [0.25, 0.3) is 0 Å². The lowest BCUT2D eigenvalue weighted by Gasteiger charge is -2.24. The quantitative estimate of drug-likeness (QED) is 0.732. The number of nitrogens with zero attached hydrogens (tertiary/aromatic N) is 1. The number of amides is 1. The van der Waals surface area contributed by atoms with Gasteiger partial charge in [-0.05, 0) is 72.9 Å². The molecule has 1 amide bonds. The topological polar surface area (TPSA) is 71.8 Å². The van der Waals surface area contributed by atoms with Gasteiger partial charge in [-0.3, -0.25) is 10.2 Å². The number of carbonyl (C=O) groups is 1. The van der Waals surface area contributed by atoms with Gasteiger partial charge in [0, 0.05) is 0 Å². The molecular weight excluding hydrogens is 344 g/mol. The number of hydrogen-bond donors (Lipinski definition) is 1. The fourth-order valence-electron chi connectivity index (χ4n) is 3.81. The Labute approximate surface area is 155 Å². The Kier molecular flexibility index (Phi) is 3.74. The van der Waals surface area contributed by atoms with Crippen molar-refractivity contribution in [2.24, 2.45) is 0 Å². The maximum atomic E-state index is 13.0. The van der Waals surface area contributed by atoms with E-state index in [1.54, 1.807) is 29.7 Å².